The van der Waals surface area contributed by atoms with Crippen LogP contribution < -0.4 is 5.73 Å². The third-order valence-electron chi connectivity index (χ3n) is 2.96. The Morgan fingerprint density at radius 1 is 0.818 bits per heavy atom. The summed E-state index contributed by atoms with van der Waals surface area (Å²) in [5.41, 5.74) is 8.31. The first-order valence-electron chi connectivity index (χ1n) is 7.04. The average molecular weight is 306 g/mol. The Bertz CT molecular complexity index is 682. The van der Waals surface area contributed by atoms with Gasteiger partial charge in [-0.2, -0.15) is 0 Å². The molecule has 2 nitrogen and oxygen atoms in total. The van der Waals surface area contributed by atoms with E-state index in [1.54, 1.807) is 6.20 Å². The van der Waals surface area contributed by atoms with Crippen molar-refractivity contribution in [1.82, 2.24) is 4.98 Å². The summed E-state index contributed by atoms with van der Waals surface area (Å²) < 4.78 is 0. The molecule has 0 unspecified atom stereocenters. The van der Waals surface area contributed by atoms with Crippen LogP contribution in [0.25, 0.3) is 0 Å². The number of para-hydroxylation sites is 1. The first kappa shape index (κ1) is 15.9. The van der Waals surface area contributed by atoms with Crippen molar-refractivity contribution in [3.8, 4) is 0 Å². The molecule has 0 fully saturated rings. The van der Waals surface area contributed by atoms with Gasteiger partial charge in [0.25, 0.3) is 0 Å². The van der Waals surface area contributed by atoms with Crippen molar-refractivity contribution in [2.24, 2.45) is 0 Å². The van der Waals surface area contributed by atoms with Crippen molar-refractivity contribution in [3.63, 3.8) is 0 Å². The molecule has 110 valence electrons. The molecule has 3 heteroatoms. The predicted molar refractivity (Wildman–Crippen MR) is 96.9 cm³/mol. The van der Waals surface area contributed by atoms with Crippen molar-refractivity contribution < 1.29 is 0 Å². The Hall–Kier alpha value is -2.52. The summed E-state index contributed by atoms with van der Waals surface area (Å²) in [7, 11) is 0. The Balaban J connectivity index is 0.000000211. The number of hydrogen-bond donors (Lipinski definition) is 1. The Kier molecular flexibility index (Phi) is 6.27. The Labute approximate surface area is 136 Å². The van der Waals surface area contributed by atoms with Gasteiger partial charge >= 0.3 is 0 Å². The Morgan fingerprint density at radius 2 is 1.41 bits per heavy atom. The number of hydrogen-bond acceptors (Lipinski definition) is 3. The predicted octanol–water partition coefficient (Wildman–Crippen LogP) is 4.31. The van der Waals surface area contributed by atoms with Crippen molar-refractivity contribution >= 4 is 22.8 Å². The van der Waals surface area contributed by atoms with Gasteiger partial charge in [-0.1, -0.05) is 66.8 Å². The van der Waals surface area contributed by atoms with Gasteiger partial charge in [-0.3, -0.25) is 4.98 Å². The normalized spacial score (nSPS) is 9.45. The maximum atomic E-state index is 5.36. The zero-order valence-corrected chi connectivity index (χ0v) is 13.0. The minimum absolute atomic E-state index is 0.785. The summed E-state index contributed by atoms with van der Waals surface area (Å²) in [4.78, 5) is 5.12. The molecule has 0 bridgehead atoms. The second-order valence-corrected chi connectivity index (χ2v) is 5.20. The topological polar surface area (TPSA) is 38.9 Å². The average Bonchev–Trinajstić information content (AvgIpc) is 2.58. The molecule has 0 aliphatic heterocycles. The molecular formula is C19H18N2S. The van der Waals surface area contributed by atoms with Gasteiger partial charge in [0.2, 0.25) is 0 Å². The molecule has 0 amide bonds. The molecule has 2 aromatic carbocycles. The van der Waals surface area contributed by atoms with Gasteiger partial charge in [-0.25, -0.2) is 0 Å². The summed E-state index contributed by atoms with van der Waals surface area (Å²) in [5, 5.41) is 0. The fraction of sp³-hybridized carbons (Fsp3) is 0.0526. The summed E-state index contributed by atoms with van der Waals surface area (Å²) in [5.74, 6) is 0. The number of pyridine rings is 1. The summed E-state index contributed by atoms with van der Waals surface area (Å²) >= 11 is 5.34. The zero-order valence-electron chi connectivity index (χ0n) is 12.2. The highest BCUT2D eigenvalue weighted by molar-refractivity contribution is 7.80. The number of rotatable bonds is 3. The molecule has 0 radical (unpaired) electrons. The fourth-order valence-electron chi connectivity index (χ4n) is 1.85. The molecule has 3 aromatic rings. The van der Waals surface area contributed by atoms with E-state index < -0.39 is 0 Å². The molecule has 1 heterocycles. The lowest BCUT2D eigenvalue weighted by atomic mass is 10.1. The molecule has 0 saturated heterocycles. The van der Waals surface area contributed by atoms with E-state index in [-0.39, 0.29) is 0 Å². The Morgan fingerprint density at radius 3 is 1.91 bits per heavy atom. The molecule has 22 heavy (non-hydrogen) atoms. The molecular weight excluding hydrogens is 288 g/mol. The van der Waals surface area contributed by atoms with E-state index in [9.17, 15) is 0 Å². The lowest BCUT2D eigenvalue weighted by Gasteiger charge is -2.02. The van der Waals surface area contributed by atoms with E-state index in [4.69, 9.17) is 18.0 Å². The second kappa shape index (κ2) is 8.70. The van der Waals surface area contributed by atoms with Crippen LogP contribution in [0.5, 0.6) is 0 Å². The monoisotopic (exact) mass is 306 g/mol. The number of nitrogens with two attached hydrogens (primary N) is 1. The first-order valence-corrected chi connectivity index (χ1v) is 7.45. The number of thiocarbonyl (C=S) groups is 1. The minimum atomic E-state index is 0.785. The van der Waals surface area contributed by atoms with E-state index >= 15 is 0 Å². The standard InChI is InChI=1S/C13H11NS.C6H7N/c15-13(12-8-4-5-9-14-12)10-11-6-2-1-3-7-11;7-6-4-2-1-3-5-6/h1-9H,10H2;1-5H,7H2. The van der Waals surface area contributed by atoms with E-state index in [2.05, 4.69) is 17.1 Å². The lowest BCUT2D eigenvalue weighted by Crippen LogP contribution is -2.03. The van der Waals surface area contributed by atoms with Gasteiger partial charge < -0.3 is 5.73 Å². The molecule has 0 aliphatic carbocycles. The van der Waals surface area contributed by atoms with Crippen LogP contribution in [0, 0.1) is 0 Å². The number of benzene rings is 2. The summed E-state index contributed by atoms with van der Waals surface area (Å²) in [6, 6.07) is 25.5. The van der Waals surface area contributed by atoms with Crippen LogP contribution in [0.2, 0.25) is 0 Å². The van der Waals surface area contributed by atoms with Gasteiger partial charge in [-0.15, -0.1) is 0 Å². The van der Waals surface area contributed by atoms with Crippen LogP contribution in [-0.2, 0) is 6.42 Å². The van der Waals surface area contributed by atoms with Gasteiger partial charge in [-0.05, 0) is 29.8 Å². The second-order valence-electron chi connectivity index (χ2n) is 4.71. The van der Waals surface area contributed by atoms with Crippen LogP contribution in [0.15, 0.2) is 85.1 Å². The third-order valence-corrected chi connectivity index (χ3v) is 3.31. The molecule has 0 spiro atoms. The van der Waals surface area contributed by atoms with E-state index in [0.29, 0.717) is 0 Å². The van der Waals surface area contributed by atoms with Crippen LogP contribution in [-0.4, -0.2) is 9.85 Å². The highest BCUT2D eigenvalue weighted by Crippen LogP contribution is 2.06. The lowest BCUT2D eigenvalue weighted by molar-refractivity contribution is 1.26. The van der Waals surface area contributed by atoms with Gasteiger partial charge in [0, 0.05) is 23.2 Å². The number of aromatic nitrogens is 1. The van der Waals surface area contributed by atoms with Crippen molar-refractivity contribution in [1.29, 1.82) is 0 Å². The number of nitrogens with zero attached hydrogens (tertiary/aromatic N) is 1. The highest BCUT2D eigenvalue weighted by Gasteiger charge is 2.02. The summed E-state index contributed by atoms with van der Waals surface area (Å²) in [6.45, 7) is 0. The quantitative estimate of drug-likeness (QED) is 0.445. The smallest absolute Gasteiger partial charge is 0.0772 e. The van der Waals surface area contributed by atoms with Crippen LogP contribution in [0.1, 0.15) is 11.3 Å². The summed E-state index contributed by atoms with van der Waals surface area (Å²) in [6.07, 6.45) is 2.56. The number of nitrogen functional groups attached to an aromatic ring is 1. The van der Waals surface area contributed by atoms with Crippen LogP contribution in [0.4, 0.5) is 5.69 Å². The van der Waals surface area contributed by atoms with E-state index in [0.717, 1.165) is 22.7 Å². The molecule has 0 aliphatic rings. The molecule has 3 rings (SSSR count). The van der Waals surface area contributed by atoms with Crippen molar-refractivity contribution in [2.75, 3.05) is 5.73 Å². The molecule has 0 saturated carbocycles. The van der Waals surface area contributed by atoms with Crippen LogP contribution >= 0.6 is 12.2 Å². The molecule has 2 N–H and O–H groups in total. The fourth-order valence-corrected chi connectivity index (χ4v) is 2.14. The van der Waals surface area contributed by atoms with Gasteiger partial charge in [0.1, 0.15) is 0 Å². The minimum Gasteiger partial charge on any atom is -0.399 e. The molecule has 0 atom stereocenters. The third kappa shape index (κ3) is 5.46. The maximum Gasteiger partial charge on any atom is 0.0772 e. The van der Waals surface area contributed by atoms with Gasteiger partial charge in [0.15, 0.2) is 0 Å². The van der Waals surface area contributed by atoms with E-state index in [1.165, 1.54) is 5.56 Å². The van der Waals surface area contributed by atoms with Crippen molar-refractivity contribution in [3.05, 3.63) is 96.3 Å². The molecule has 1 aromatic heterocycles. The first-order chi connectivity index (χ1) is 10.8. The SMILES string of the molecule is Nc1ccccc1.S=C(Cc1ccccc1)c1ccccn1. The van der Waals surface area contributed by atoms with E-state index in [1.807, 2.05) is 66.7 Å². The highest BCUT2D eigenvalue weighted by atomic mass is 32.1. The largest absolute Gasteiger partial charge is 0.399 e. The zero-order chi connectivity index (χ0) is 15.6. The van der Waals surface area contributed by atoms with Crippen LogP contribution in [0.3, 0.4) is 0 Å². The van der Waals surface area contributed by atoms with Crippen molar-refractivity contribution in [2.45, 2.75) is 6.42 Å². The van der Waals surface area contributed by atoms with Gasteiger partial charge in [0.05, 0.1) is 5.69 Å². The maximum absolute atomic E-state index is 5.36. The number of anilines is 1.